The molecule has 2 N–H and O–H groups in total. The minimum Gasteiger partial charge on any atom is -0.507 e. The number of hydrogen-bond acceptors (Lipinski definition) is 4. The number of phenols is 1. The Morgan fingerprint density at radius 1 is 1.27 bits per heavy atom. The number of nitrogens with zero attached hydrogens (tertiary/aromatic N) is 1. The van der Waals surface area contributed by atoms with Crippen molar-refractivity contribution in [1.29, 1.82) is 0 Å². The van der Waals surface area contributed by atoms with Crippen LogP contribution in [-0.2, 0) is 4.79 Å². The van der Waals surface area contributed by atoms with Gasteiger partial charge in [0.2, 0.25) is 0 Å². The molecule has 2 rings (SSSR count). The molecule has 5 nitrogen and oxygen atoms in total. The molecule has 0 aliphatic rings. The number of benzene rings is 2. The van der Waals surface area contributed by atoms with Crippen LogP contribution in [0.4, 0.5) is 0 Å². The van der Waals surface area contributed by atoms with Crippen molar-refractivity contribution in [1.82, 2.24) is 5.43 Å². The van der Waals surface area contributed by atoms with Gasteiger partial charge in [0.05, 0.1) is 6.21 Å². The fourth-order valence-corrected chi connectivity index (χ4v) is 1.75. The molecule has 0 aliphatic carbocycles. The number of ether oxygens (including phenoxy) is 1. The molecule has 0 spiro atoms. The molecule has 0 unspecified atom stereocenters. The van der Waals surface area contributed by atoms with E-state index in [4.69, 9.17) is 16.3 Å². The van der Waals surface area contributed by atoms with Crippen molar-refractivity contribution in [3.63, 3.8) is 0 Å². The molecule has 1 atom stereocenters. The van der Waals surface area contributed by atoms with Gasteiger partial charge >= 0.3 is 0 Å². The molecule has 6 heteroatoms. The standard InChI is InChI=1S/C16H15ClN2O3/c1-11(22-14-8-6-13(17)7-9-14)16(21)19-18-10-12-4-2-3-5-15(12)20/h2-11,20H,1H3,(H,19,21)/b18-10+/t11-/m1/s1. The minimum atomic E-state index is -0.720. The van der Waals surface area contributed by atoms with Gasteiger partial charge < -0.3 is 9.84 Å². The van der Waals surface area contributed by atoms with Crippen LogP contribution < -0.4 is 10.2 Å². The van der Waals surface area contributed by atoms with Gasteiger partial charge in [0, 0.05) is 10.6 Å². The fourth-order valence-electron chi connectivity index (χ4n) is 1.62. The minimum absolute atomic E-state index is 0.0889. The second-order valence-corrected chi connectivity index (χ2v) is 4.94. The Kier molecular flexibility index (Phi) is 5.38. The molecular weight excluding hydrogens is 304 g/mol. The normalized spacial score (nSPS) is 12.1. The average Bonchev–Trinajstić information content (AvgIpc) is 2.51. The Labute approximate surface area is 133 Å². The summed E-state index contributed by atoms with van der Waals surface area (Å²) in [6.07, 6.45) is 0.644. The predicted molar refractivity (Wildman–Crippen MR) is 85.4 cm³/mol. The number of halogens is 1. The number of aromatic hydroxyl groups is 1. The summed E-state index contributed by atoms with van der Waals surface area (Å²) in [5.74, 6) is 0.226. The van der Waals surface area contributed by atoms with E-state index in [1.165, 1.54) is 12.3 Å². The number of rotatable bonds is 5. The number of hydrogen-bond donors (Lipinski definition) is 2. The summed E-state index contributed by atoms with van der Waals surface area (Å²) in [7, 11) is 0. The van der Waals surface area contributed by atoms with E-state index in [2.05, 4.69) is 10.5 Å². The molecular formula is C16H15ClN2O3. The van der Waals surface area contributed by atoms with Crippen molar-refractivity contribution in [3.8, 4) is 11.5 Å². The van der Waals surface area contributed by atoms with Crippen molar-refractivity contribution in [2.45, 2.75) is 13.0 Å². The third-order valence-corrected chi connectivity index (χ3v) is 3.06. The Morgan fingerprint density at radius 3 is 2.64 bits per heavy atom. The van der Waals surface area contributed by atoms with Crippen molar-refractivity contribution < 1.29 is 14.6 Å². The van der Waals surface area contributed by atoms with E-state index >= 15 is 0 Å². The molecule has 0 radical (unpaired) electrons. The van der Waals surface area contributed by atoms with Crippen LogP contribution >= 0.6 is 11.6 Å². The fraction of sp³-hybridized carbons (Fsp3) is 0.125. The summed E-state index contributed by atoms with van der Waals surface area (Å²) in [5.41, 5.74) is 2.87. The Hall–Kier alpha value is -2.53. The summed E-state index contributed by atoms with van der Waals surface area (Å²) >= 11 is 5.78. The van der Waals surface area contributed by atoms with Crippen molar-refractivity contribution in [2.24, 2.45) is 5.10 Å². The third-order valence-electron chi connectivity index (χ3n) is 2.81. The van der Waals surface area contributed by atoms with Gasteiger partial charge in [-0.05, 0) is 43.3 Å². The van der Waals surface area contributed by atoms with E-state index < -0.39 is 12.0 Å². The van der Waals surface area contributed by atoms with Gasteiger partial charge in [-0.2, -0.15) is 5.10 Å². The third kappa shape index (κ3) is 4.49. The molecule has 1 amide bonds. The van der Waals surface area contributed by atoms with E-state index in [0.717, 1.165) is 0 Å². The monoisotopic (exact) mass is 318 g/mol. The first-order valence-corrected chi connectivity index (χ1v) is 6.97. The number of amides is 1. The van der Waals surface area contributed by atoms with Crippen LogP contribution in [0.25, 0.3) is 0 Å². The summed E-state index contributed by atoms with van der Waals surface area (Å²) < 4.78 is 5.46. The smallest absolute Gasteiger partial charge is 0.280 e. The first-order valence-electron chi connectivity index (χ1n) is 6.59. The van der Waals surface area contributed by atoms with Gasteiger partial charge in [-0.3, -0.25) is 4.79 Å². The van der Waals surface area contributed by atoms with Crippen LogP contribution in [0.1, 0.15) is 12.5 Å². The molecule has 0 aromatic heterocycles. The average molecular weight is 319 g/mol. The van der Waals surface area contributed by atoms with Gasteiger partial charge in [-0.25, -0.2) is 5.43 Å². The molecule has 2 aromatic carbocycles. The van der Waals surface area contributed by atoms with E-state index in [-0.39, 0.29) is 5.75 Å². The highest BCUT2D eigenvalue weighted by Gasteiger charge is 2.13. The molecule has 0 fully saturated rings. The van der Waals surface area contributed by atoms with Gasteiger partial charge in [0.1, 0.15) is 11.5 Å². The highest BCUT2D eigenvalue weighted by Crippen LogP contribution is 2.16. The number of phenolic OH excluding ortho intramolecular Hbond substituents is 1. The summed E-state index contributed by atoms with van der Waals surface area (Å²) in [4.78, 5) is 11.9. The maximum absolute atomic E-state index is 11.9. The van der Waals surface area contributed by atoms with Crippen LogP contribution in [0.15, 0.2) is 53.6 Å². The van der Waals surface area contributed by atoms with Crippen LogP contribution in [0.3, 0.4) is 0 Å². The molecule has 0 aliphatic heterocycles. The lowest BCUT2D eigenvalue weighted by molar-refractivity contribution is -0.127. The van der Waals surface area contributed by atoms with Gasteiger partial charge in [-0.15, -0.1) is 0 Å². The molecule has 114 valence electrons. The van der Waals surface area contributed by atoms with Crippen LogP contribution in [-0.4, -0.2) is 23.3 Å². The zero-order valence-corrected chi connectivity index (χ0v) is 12.6. The Balaban J connectivity index is 1.89. The summed E-state index contributed by atoms with van der Waals surface area (Å²) in [6.45, 7) is 1.61. The second-order valence-electron chi connectivity index (χ2n) is 4.51. The van der Waals surface area contributed by atoms with E-state index in [9.17, 15) is 9.90 Å². The first-order chi connectivity index (χ1) is 10.6. The van der Waals surface area contributed by atoms with Crippen molar-refractivity contribution in [2.75, 3.05) is 0 Å². The Bertz CT molecular complexity index is 671. The van der Waals surface area contributed by atoms with E-state index in [1.807, 2.05) is 0 Å². The summed E-state index contributed by atoms with van der Waals surface area (Å²) in [5, 5.41) is 14.0. The second kappa shape index (κ2) is 7.47. The lowest BCUT2D eigenvalue weighted by Gasteiger charge is -2.12. The highest BCUT2D eigenvalue weighted by molar-refractivity contribution is 6.30. The molecule has 22 heavy (non-hydrogen) atoms. The van der Waals surface area contributed by atoms with Crippen LogP contribution in [0.2, 0.25) is 5.02 Å². The number of para-hydroxylation sites is 1. The van der Waals surface area contributed by atoms with Crippen molar-refractivity contribution in [3.05, 3.63) is 59.1 Å². The lowest BCUT2D eigenvalue weighted by Crippen LogP contribution is -2.33. The van der Waals surface area contributed by atoms with E-state index in [0.29, 0.717) is 16.3 Å². The zero-order valence-electron chi connectivity index (χ0n) is 11.9. The van der Waals surface area contributed by atoms with E-state index in [1.54, 1.807) is 49.4 Å². The van der Waals surface area contributed by atoms with Crippen LogP contribution in [0.5, 0.6) is 11.5 Å². The molecule has 0 bridgehead atoms. The maximum atomic E-state index is 11.9. The summed E-state index contributed by atoms with van der Waals surface area (Å²) in [6, 6.07) is 13.4. The number of hydrazone groups is 1. The lowest BCUT2D eigenvalue weighted by atomic mass is 10.2. The van der Waals surface area contributed by atoms with Crippen molar-refractivity contribution >= 4 is 23.7 Å². The quantitative estimate of drug-likeness (QED) is 0.657. The molecule has 2 aromatic rings. The Morgan fingerprint density at radius 2 is 1.95 bits per heavy atom. The zero-order chi connectivity index (χ0) is 15.9. The SMILES string of the molecule is C[C@@H](Oc1ccc(Cl)cc1)C(=O)N/N=C/c1ccccc1O. The van der Waals surface area contributed by atoms with Gasteiger partial charge in [0.25, 0.3) is 5.91 Å². The highest BCUT2D eigenvalue weighted by atomic mass is 35.5. The van der Waals surface area contributed by atoms with Crippen LogP contribution in [0, 0.1) is 0 Å². The largest absolute Gasteiger partial charge is 0.507 e. The molecule has 0 saturated carbocycles. The first kappa shape index (κ1) is 15.9. The topological polar surface area (TPSA) is 70.9 Å². The van der Waals surface area contributed by atoms with Gasteiger partial charge in [0.15, 0.2) is 6.10 Å². The predicted octanol–water partition coefficient (Wildman–Crippen LogP) is 2.96. The number of carbonyl (C=O) groups excluding carboxylic acids is 1. The maximum Gasteiger partial charge on any atom is 0.280 e. The number of carbonyl (C=O) groups is 1. The molecule has 0 heterocycles. The van der Waals surface area contributed by atoms with Gasteiger partial charge in [-0.1, -0.05) is 23.7 Å². The number of nitrogens with one attached hydrogen (secondary N) is 1. The molecule has 0 saturated heterocycles.